The van der Waals surface area contributed by atoms with Gasteiger partial charge in [0.05, 0.1) is 23.1 Å². The van der Waals surface area contributed by atoms with E-state index < -0.39 is 15.6 Å². The van der Waals surface area contributed by atoms with Crippen LogP contribution in [0.15, 0.2) is 83.9 Å². The second-order valence-electron chi connectivity index (χ2n) is 10.7. The third kappa shape index (κ3) is 7.50. The largest absolute Gasteiger partial charge is 0.488 e. The van der Waals surface area contributed by atoms with E-state index in [1.54, 1.807) is 69.4 Å². The second-order valence-corrected chi connectivity index (χ2v) is 12.4. The topological polar surface area (TPSA) is 124 Å². The van der Waals surface area contributed by atoms with Crippen molar-refractivity contribution in [1.29, 1.82) is 5.26 Å². The Hall–Kier alpha value is -4.23. The summed E-state index contributed by atoms with van der Waals surface area (Å²) in [5, 5.41) is 22.6. The molecule has 4 aromatic rings. The summed E-state index contributed by atoms with van der Waals surface area (Å²) in [6.07, 6.45) is 1.64. The number of benzene rings is 3. The predicted octanol–water partition coefficient (Wildman–Crippen LogP) is 5.69. The minimum atomic E-state index is -3.74. The Morgan fingerprint density at radius 3 is 2.49 bits per heavy atom. The van der Waals surface area contributed by atoms with Crippen molar-refractivity contribution in [1.82, 2.24) is 9.71 Å². The summed E-state index contributed by atoms with van der Waals surface area (Å²) in [5.74, 6) is 1.21. The standard InChI is InChI=1S/C32H34N4O4S/c1-22-12-13-26(28(20-37)31(22)40-21-24-9-7-8-23(16-24)17-33)19-35-30-15-14-25(18-34-30)27-10-5-6-11-29(27)41(38,39)36-32(2,3)4/h5-16,18,36-37H,19-21H2,1-4H3,(H,34,35). The van der Waals surface area contributed by atoms with E-state index in [1.165, 1.54) is 0 Å². The molecular weight excluding hydrogens is 536 g/mol. The van der Waals surface area contributed by atoms with Gasteiger partial charge in [0.1, 0.15) is 18.2 Å². The van der Waals surface area contributed by atoms with Crippen LogP contribution in [0.3, 0.4) is 0 Å². The summed E-state index contributed by atoms with van der Waals surface area (Å²) in [6, 6.07) is 23.7. The van der Waals surface area contributed by atoms with Gasteiger partial charge < -0.3 is 15.2 Å². The molecule has 0 unspecified atom stereocenters. The molecule has 0 aliphatic rings. The van der Waals surface area contributed by atoms with E-state index in [0.717, 1.165) is 16.7 Å². The van der Waals surface area contributed by atoms with E-state index >= 15 is 0 Å². The molecule has 41 heavy (non-hydrogen) atoms. The van der Waals surface area contributed by atoms with Crippen LogP contribution >= 0.6 is 0 Å². The Morgan fingerprint density at radius 2 is 1.80 bits per heavy atom. The SMILES string of the molecule is Cc1ccc(CNc2ccc(-c3ccccc3S(=O)(=O)NC(C)(C)C)cn2)c(CO)c1OCc1cccc(C#N)c1. The van der Waals surface area contributed by atoms with Crippen LogP contribution in [-0.4, -0.2) is 24.0 Å². The van der Waals surface area contributed by atoms with E-state index in [0.29, 0.717) is 40.4 Å². The van der Waals surface area contributed by atoms with Crippen molar-refractivity contribution >= 4 is 15.8 Å². The van der Waals surface area contributed by atoms with Gasteiger partial charge in [-0.25, -0.2) is 18.1 Å². The number of nitrogens with zero attached hydrogens (tertiary/aromatic N) is 2. The lowest BCUT2D eigenvalue weighted by Gasteiger charge is -2.21. The van der Waals surface area contributed by atoms with Gasteiger partial charge in [0.25, 0.3) is 0 Å². The molecule has 8 nitrogen and oxygen atoms in total. The summed E-state index contributed by atoms with van der Waals surface area (Å²) in [4.78, 5) is 4.70. The van der Waals surface area contributed by atoms with Gasteiger partial charge in [0.15, 0.2) is 0 Å². The van der Waals surface area contributed by atoms with Gasteiger partial charge in [0.2, 0.25) is 10.0 Å². The van der Waals surface area contributed by atoms with E-state index in [2.05, 4.69) is 21.1 Å². The molecule has 0 spiro atoms. The first-order valence-electron chi connectivity index (χ1n) is 13.2. The van der Waals surface area contributed by atoms with Gasteiger partial charge in [-0.1, -0.05) is 42.5 Å². The molecule has 0 radical (unpaired) electrons. The number of hydrogen-bond acceptors (Lipinski definition) is 7. The highest BCUT2D eigenvalue weighted by molar-refractivity contribution is 7.89. The number of aromatic nitrogens is 1. The molecule has 9 heteroatoms. The monoisotopic (exact) mass is 570 g/mol. The Bertz CT molecular complexity index is 1670. The molecule has 0 aliphatic carbocycles. The first-order valence-corrected chi connectivity index (χ1v) is 14.7. The van der Waals surface area contributed by atoms with E-state index in [9.17, 15) is 13.5 Å². The highest BCUT2D eigenvalue weighted by Gasteiger charge is 2.25. The van der Waals surface area contributed by atoms with E-state index in [4.69, 9.17) is 10.00 Å². The average Bonchev–Trinajstić information content (AvgIpc) is 2.95. The minimum absolute atomic E-state index is 0.191. The zero-order valence-corrected chi connectivity index (χ0v) is 24.4. The maximum absolute atomic E-state index is 13.0. The van der Waals surface area contributed by atoms with Crippen LogP contribution in [0.2, 0.25) is 0 Å². The van der Waals surface area contributed by atoms with Crippen molar-refractivity contribution in [2.24, 2.45) is 0 Å². The van der Waals surface area contributed by atoms with Crippen molar-refractivity contribution in [3.05, 3.63) is 107 Å². The number of aliphatic hydroxyl groups excluding tert-OH is 1. The Kier molecular flexibility index (Phi) is 9.08. The van der Waals surface area contributed by atoms with Gasteiger partial charge in [0, 0.05) is 35.0 Å². The van der Waals surface area contributed by atoms with Gasteiger partial charge in [-0.3, -0.25) is 0 Å². The van der Waals surface area contributed by atoms with Crippen LogP contribution in [0.4, 0.5) is 5.82 Å². The predicted molar refractivity (Wildman–Crippen MR) is 160 cm³/mol. The molecule has 3 N–H and O–H groups in total. The fourth-order valence-corrected chi connectivity index (χ4v) is 6.10. The number of aryl methyl sites for hydroxylation is 1. The fourth-order valence-electron chi connectivity index (χ4n) is 4.45. The summed E-state index contributed by atoms with van der Waals surface area (Å²) < 4.78 is 34.9. The summed E-state index contributed by atoms with van der Waals surface area (Å²) in [6.45, 7) is 7.79. The molecule has 1 heterocycles. The number of aliphatic hydroxyl groups is 1. The first-order chi connectivity index (χ1) is 19.5. The van der Waals surface area contributed by atoms with Crippen LogP contribution in [0.1, 0.15) is 48.6 Å². The molecular formula is C32H34N4O4S. The first kappa shape index (κ1) is 29.7. The van der Waals surface area contributed by atoms with Gasteiger partial charge in [-0.2, -0.15) is 5.26 Å². The summed E-state index contributed by atoms with van der Waals surface area (Å²) in [7, 11) is -3.74. The number of nitriles is 1. The molecule has 0 atom stereocenters. The van der Waals surface area contributed by atoms with Crippen LogP contribution < -0.4 is 14.8 Å². The van der Waals surface area contributed by atoms with Crippen molar-refractivity contribution in [2.45, 2.75) is 57.9 Å². The van der Waals surface area contributed by atoms with Crippen LogP contribution in [0.5, 0.6) is 5.75 Å². The van der Waals surface area contributed by atoms with Crippen LogP contribution in [0.25, 0.3) is 11.1 Å². The second kappa shape index (κ2) is 12.5. The molecule has 0 aliphatic heterocycles. The number of hydrogen-bond donors (Lipinski definition) is 3. The summed E-state index contributed by atoms with van der Waals surface area (Å²) in [5.41, 5.74) is 4.47. The molecule has 3 aromatic carbocycles. The number of anilines is 1. The molecule has 0 saturated carbocycles. The molecule has 212 valence electrons. The van der Waals surface area contributed by atoms with E-state index in [1.807, 2.05) is 37.3 Å². The lowest BCUT2D eigenvalue weighted by atomic mass is 10.0. The molecule has 1 aromatic heterocycles. The van der Waals surface area contributed by atoms with Gasteiger partial charge >= 0.3 is 0 Å². The molecule has 0 amide bonds. The molecule has 0 bridgehead atoms. The average molecular weight is 571 g/mol. The van der Waals surface area contributed by atoms with Crippen molar-refractivity contribution in [3.63, 3.8) is 0 Å². The lowest BCUT2D eigenvalue weighted by molar-refractivity contribution is 0.257. The highest BCUT2D eigenvalue weighted by Crippen LogP contribution is 2.30. The third-order valence-corrected chi connectivity index (χ3v) is 8.12. The number of nitrogens with one attached hydrogen (secondary N) is 2. The maximum atomic E-state index is 13.0. The maximum Gasteiger partial charge on any atom is 0.241 e. The van der Waals surface area contributed by atoms with Crippen LogP contribution in [0, 0.1) is 18.3 Å². The smallest absolute Gasteiger partial charge is 0.241 e. The zero-order chi connectivity index (χ0) is 29.6. The lowest BCUT2D eigenvalue weighted by Crippen LogP contribution is -2.40. The van der Waals surface area contributed by atoms with E-state index in [-0.39, 0.29) is 18.1 Å². The number of pyridine rings is 1. The summed E-state index contributed by atoms with van der Waals surface area (Å²) >= 11 is 0. The Balaban J connectivity index is 1.50. The van der Waals surface area contributed by atoms with Crippen molar-refractivity contribution in [2.75, 3.05) is 5.32 Å². The minimum Gasteiger partial charge on any atom is -0.488 e. The normalized spacial score (nSPS) is 11.6. The number of rotatable bonds is 10. The number of ether oxygens (including phenoxy) is 1. The van der Waals surface area contributed by atoms with Crippen molar-refractivity contribution in [3.8, 4) is 22.9 Å². The zero-order valence-electron chi connectivity index (χ0n) is 23.6. The van der Waals surface area contributed by atoms with Crippen LogP contribution in [-0.2, 0) is 29.8 Å². The van der Waals surface area contributed by atoms with Gasteiger partial charge in [-0.15, -0.1) is 0 Å². The Morgan fingerprint density at radius 1 is 1.02 bits per heavy atom. The molecule has 0 saturated heterocycles. The quantitative estimate of drug-likeness (QED) is 0.224. The molecule has 0 fully saturated rings. The van der Waals surface area contributed by atoms with Crippen molar-refractivity contribution < 1.29 is 18.3 Å². The fraction of sp³-hybridized carbons (Fsp3) is 0.250. The highest BCUT2D eigenvalue weighted by atomic mass is 32.2. The Labute approximate surface area is 241 Å². The third-order valence-electron chi connectivity index (χ3n) is 6.30. The number of sulfonamides is 1. The molecule has 4 rings (SSSR count). The van der Waals surface area contributed by atoms with Gasteiger partial charge in [-0.05, 0) is 74.7 Å².